The van der Waals surface area contributed by atoms with Crippen molar-refractivity contribution >= 4 is 24.7 Å². The minimum atomic E-state index is -2.54. The predicted molar refractivity (Wildman–Crippen MR) is 70.1 cm³/mol. The van der Waals surface area contributed by atoms with Gasteiger partial charge < -0.3 is 13.3 Å². The minimum Gasteiger partial charge on any atom is -0.501 e. The van der Waals surface area contributed by atoms with Gasteiger partial charge in [0.05, 0.1) is 0 Å². The third-order valence-electron chi connectivity index (χ3n) is 2.26. The quantitative estimate of drug-likeness (QED) is 0.572. The van der Waals surface area contributed by atoms with E-state index < -0.39 is 8.80 Å². The molecule has 0 saturated carbocycles. The van der Waals surface area contributed by atoms with Crippen molar-refractivity contribution in [1.82, 2.24) is 0 Å². The first-order valence-electron chi connectivity index (χ1n) is 5.16. The molecule has 0 atom stereocenters. The molecule has 0 unspecified atom stereocenters. The van der Waals surface area contributed by atoms with E-state index in [4.69, 9.17) is 13.3 Å². The molecule has 90 valence electrons. The highest BCUT2D eigenvalue weighted by Gasteiger charge is 2.40. The molecule has 0 spiro atoms. The van der Waals surface area contributed by atoms with Crippen molar-refractivity contribution in [2.75, 3.05) is 19.5 Å². The summed E-state index contributed by atoms with van der Waals surface area (Å²) in [4.78, 5) is 0. The maximum Gasteiger partial charge on any atom is 0.565 e. The fourth-order valence-corrected chi connectivity index (χ4v) is 4.12. The second-order valence-corrected chi connectivity index (χ2v) is 6.98. The average Bonchev–Trinajstić information content (AvgIpc) is 2.36. The third-order valence-corrected chi connectivity index (χ3v) is 5.57. The maximum absolute atomic E-state index is 5.88. The Morgan fingerprint density at radius 3 is 2.25 bits per heavy atom. The van der Waals surface area contributed by atoms with Gasteiger partial charge in [-0.2, -0.15) is 0 Å². The molecule has 1 aromatic rings. The second-order valence-electron chi connectivity index (χ2n) is 3.30. The zero-order valence-electron chi connectivity index (χ0n) is 9.61. The summed E-state index contributed by atoms with van der Waals surface area (Å²) in [6, 6.07) is 10.4. The van der Waals surface area contributed by atoms with E-state index in [1.165, 1.54) is 0 Å². The van der Waals surface area contributed by atoms with Crippen molar-refractivity contribution in [3.05, 3.63) is 30.3 Å². The topological polar surface area (TPSA) is 27.7 Å². The Balaban J connectivity index is 2.70. The highest BCUT2D eigenvalue weighted by Crippen LogP contribution is 2.21. The van der Waals surface area contributed by atoms with E-state index >= 15 is 0 Å². The molecule has 0 amide bonds. The average molecular weight is 305 g/mol. The summed E-state index contributed by atoms with van der Waals surface area (Å²) >= 11 is 3.40. The van der Waals surface area contributed by atoms with Crippen molar-refractivity contribution in [3.8, 4) is 5.75 Å². The number of rotatable bonds is 7. The van der Waals surface area contributed by atoms with Crippen LogP contribution in [-0.2, 0) is 8.85 Å². The first-order valence-corrected chi connectivity index (χ1v) is 8.22. The zero-order chi connectivity index (χ0) is 11.9. The summed E-state index contributed by atoms with van der Waals surface area (Å²) < 4.78 is 16.8. The van der Waals surface area contributed by atoms with Gasteiger partial charge in [0.15, 0.2) is 0 Å². The number of hydrogen-bond acceptors (Lipinski definition) is 3. The van der Waals surface area contributed by atoms with Crippen LogP contribution >= 0.6 is 15.9 Å². The van der Waals surface area contributed by atoms with Crippen LogP contribution in [0, 0.1) is 0 Å². The first-order chi connectivity index (χ1) is 7.76. The lowest BCUT2D eigenvalue weighted by atomic mass is 10.3. The monoisotopic (exact) mass is 304 g/mol. The van der Waals surface area contributed by atoms with Crippen LogP contribution in [0.2, 0.25) is 6.04 Å². The summed E-state index contributed by atoms with van der Waals surface area (Å²) in [6.07, 6.45) is 0.973. The molecule has 0 saturated heterocycles. The van der Waals surface area contributed by atoms with Crippen molar-refractivity contribution in [3.63, 3.8) is 0 Å². The van der Waals surface area contributed by atoms with Crippen LogP contribution in [0.5, 0.6) is 5.75 Å². The number of benzene rings is 1. The highest BCUT2D eigenvalue weighted by atomic mass is 79.9. The molecule has 1 aromatic carbocycles. The second kappa shape index (κ2) is 7.06. The lowest BCUT2D eigenvalue weighted by Crippen LogP contribution is -2.47. The van der Waals surface area contributed by atoms with E-state index in [9.17, 15) is 0 Å². The van der Waals surface area contributed by atoms with Gasteiger partial charge in [-0.15, -0.1) is 0 Å². The van der Waals surface area contributed by atoms with Gasteiger partial charge in [-0.1, -0.05) is 34.1 Å². The van der Waals surface area contributed by atoms with Gasteiger partial charge in [0.25, 0.3) is 0 Å². The van der Waals surface area contributed by atoms with Crippen molar-refractivity contribution in [2.45, 2.75) is 12.5 Å². The number of hydrogen-bond donors (Lipinski definition) is 0. The van der Waals surface area contributed by atoms with Gasteiger partial charge in [0.2, 0.25) is 0 Å². The molecule has 0 bridgehead atoms. The van der Waals surface area contributed by atoms with Crippen molar-refractivity contribution in [1.29, 1.82) is 0 Å². The predicted octanol–water partition coefficient (Wildman–Crippen LogP) is 3.08. The molecule has 1 rings (SSSR count). The van der Waals surface area contributed by atoms with Crippen LogP contribution in [0.25, 0.3) is 0 Å². The number of para-hydroxylation sites is 1. The molecule has 0 aliphatic rings. The Morgan fingerprint density at radius 1 is 1.12 bits per heavy atom. The van der Waals surface area contributed by atoms with E-state index in [2.05, 4.69) is 15.9 Å². The van der Waals surface area contributed by atoms with E-state index in [0.717, 1.165) is 23.5 Å². The Morgan fingerprint density at radius 2 is 1.75 bits per heavy atom. The van der Waals surface area contributed by atoms with E-state index in [1.54, 1.807) is 14.2 Å². The van der Waals surface area contributed by atoms with Gasteiger partial charge in [-0.05, 0) is 18.6 Å². The molecule has 0 N–H and O–H groups in total. The summed E-state index contributed by atoms with van der Waals surface area (Å²) in [7, 11) is 0.756. The molecular weight excluding hydrogens is 288 g/mol. The number of alkyl halides is 1. The fraction of sp³-hybridized carbons (Fsp3) is 0.455. The third kappa shape index (κ3) is 3.90. The van der Waals surface area contributed by atoms with Crippen LogP contribution in [0.4, 0.5) is 0 Å². The van der Waals surface area contributed by atoms with Crippen LogP contribution in [0.1, 0.15) is 6.42 Å². The van der Waals surface area contributed by atoms with E-state index in [0.29, 0.717) is 0 Å². The summed E-state index contributed by atoms with van der Waals surface area (Å²) in [5.41, 5.74) is 0. The van der Waals surface area contributed by atoms with E-state index in [-0.39, 0.29) is 0 Å². The van der Waals surface area contributed by atoms with Crippen molar-refractivity contribution in [2.24, 2.45) is 0 Å². The Bertz CT molecular complexity index is 291. The SMILES string of the molecule is CO[Si](CCCBr)(OC)Oc1ccccc1. The summed E-state index contributed by atoms with van der Waals surface area (Å²) in [6.45, 7) is 0. The Hall–Kier alpha value is -0.363. The molecular formula is C11H17BrO3Si. The zero-order valence-corrected chi connectivity index (χ0v) is 12.2. The lowest BCUT2D eigenvalue weighted by Gasteiger charge is -2.26. The Labute approximate surface area is 106 Å². The van der Waals surface area contributed by atoms with Gasteiger partial charge in [0.1, 0.15) is 5.75 Å². The first kappa shape index (κ1) is 13.7. The summed E-state index contributed by atoms with van der Waals surface area (Å²) in [5, 5.41) is 0.923. The van der Waals surface area contributed by atoms with Gasteiger partial charge in [-0.25, -0.2) is 0 Å². The normalized spacial score (nSPS) is 11.4. The molecule has 0 heterocycles. The van der Waals surface area contributed by atoms with E-state index in [1.807, 2.05) is 30.3 Å². The smallest absolute Gasteiger partial charge is 0.501 e. The van der Waals surface area contributed by atoms with Crippen LogP contribution in [0.15, 0.2) is 30.3 Å². The highest BCUT2D eigenvalue weighted by molar-refractivity contribution is 9.09. The molecule has 0 aliphatic carbocycles. The van der Waals surface area contributed by atoms with Crippen LogP contribution in [-0.4, -0.2) is 28.4 Å². The fourth-order valence-electron chi connectivity index (χ4n) is 1.37. The van der Waals surface area contributed by atoms with Gasteiger partial charge in [-0.3, -0.25) is 0 Å². The largest absolute Gasteiger partial charge is 0.565 e. The summed E-state index contributed by atoms with van der Waals surface area (Å²) in [5.74, 6) is 0.799. The van der Waals surface area contributed by atoms with Crippen molar-refractivity contribution < 1.29 is 13.3 Å². The Kier molecular flexibility index (Phi) is 6.04. The van der Waals surface area contributed by atoms with Gasteiger partial charge >= 0.3 is 8.80 Å². The standard InChI is InChI=1S/C11H17BrO3Si/c1-13-16(14-2,10-6-9-12)15-11-7-4-3-5-8-11/h3-5,7-8H,6,9-10H2,1-2H3. The molecule has 3 nitrogen and oxygen atoms in total. The minimum absolute atomic E-state index is 0.799. The molecule has 16 heavy (non-hydrogen) atoms. The van der Waals surface area contributed by atoms with Crippen LogP contribution in [0.3, 0.4) is 0 Å². The molecule has 0 aliphatic heterocycles. The molecule has 0 fully saturated rings. The number of halogens is 1. The maximum atomic E-state index is 5.88. The molecule has 5 heteroatoms. The van der Waals surface area contributed by atoms with Gasteiger partial charge in [0, 0.05) is 25.6 Å². The molecule has 0 radical (unpaired) electrons. The molecule has 0 aromatic heterocycles. The van der Waals surface area contributed by atoms with Crippen LogP contribution < -0.4 is 4.43 Å². The lowest BCUT2D eigenvalue weighted by molar-refractivity contribution is 0.160.